The second-order valence-electron chi connectivity index (χ2n) is 5.28. The summed E-state index contributed by atoms with van der Waals surface area (Å²) in [5.74, 6) is 2.25. The molecule has 1 saturated heterocycles. The second-order valence-corrected chi connectivity index (χ2v) is 6.33. The van der Waals surface area contributed by atoms with Gasteiger partial charge in [-0.3, -0.25) is 4.79 Å². The van der Waals surface area contributed by atoms with Crippen LogP contribution in [0.1, 0.15) is 0 Å². The fraction of sp³-hybridized carbons (Fsp3) is 0.533. The standard InChI is InChI=1S/C15H20N2O3S/c1-16-4-6-17(7-5-16)15(18)11-21-12-2-3-13-14(10-12)20-9-8-19-13/h2-3,10H,4-9,11H2,1H3. The molecule has 2 aliphatic rings. The first kappa shape index (κ1) is 14.5. The number of ether oxygens (including phenoxy) is 2. The van der Waals surface area contributed by atoms with Crippen molar-refractivity contribution in [3.63, 3.8) is 0 Å². The van der Waals surface area contributed by atoms with Gasteiger partial charge in [-0.2, -0.15) is 0 Å². The van der Waals surface area contributed by atoms with Crippen molar-refractivity contribution >= 4 is 17.7 Å². The molecule has 0 saturated carbocycles. The number of carbonyl (C=O) groups is 1. The molecule has 5 nitrogen and oxygen atoms in total. The molecule has 0 atom stereocenters. The van der Waals surface area contributed by atoms with E-state index in [-0.39, 0.29) is 5.91 Å². The van der Waals surface area contributed by atoms with Crippen LogP contribution in [0.5, 0.6) is 11.5 Å². The number of hydrogen-bond donors (Lipinski definition) is 0. The van der Waals surface area contributed by atoms with Crippen molar-refractivity contribution in [1.82, 2.24) is 9.80 Å². The zero-order valence-electron chi connectivity index (χ0n) is 12.2. The van der Waals surface area contributed by atoms with E-state index in [9.17, 15) is 4.79 Å². The molecule has 1 amide bonds. The molecule has 0 N–H and O–H groups in total. The number of likely N-dealkylation sites (N-methyl/N-ethyl adjacent to an activating group) is 1. The maximum atomic E-state index is 12.2. The molecular weight excluding hydrogens is 288 g/mol. The van der Waals surface area contributed by atoms with E-state index in [1.54, 1.807) is 11.8 Å². The number of thioether (sulfide) groups is 1. The summed E-state index contributed by atoms with van der Waals surface area (Å²) >= 11 is 1.56. The number of hydrogen-bond acceptors (Lipinski definition) is 5. The molecule has 2 heterocycles. The Bertz CT molecular complexity index is 516. The van der Waals surface area contributed by atoms with E-state index < -0.39 is 0 Å². The van der Waals surface area contributed by atoms with Crippen molar-refractivity contribution < 1.29 is 14.3 Å². The van der Waals surface area contributed by atoms with E-state index in [1.165, 1.54) is 0 Å². The first-order chi connectivity index (χ1) is 10.2. The summed E-state index contributed by atoms with van der Waals surface area (Å²) < 4.78 is 11.1. The van der Waals surface area contributed by atoms with Crippen molar-refractivity contribution in [1.29, 1.82) is 0 Å². The molecule has 0 aromatic heterocycles. The molecule has 0 aliphatic carbocycles. The molecule has 0 unspecified atom stereocenters. The lowest BCUT2D eigenvalue weighted by Crippen LogP contribution is -2.47. The molecule has 2 aliphatic heterocycles. The lowest BCUT2D eigenvalue weighted by molar-refractivity contribution is -0.129. The average Bonchev–Trinajstić information content (AvgIpc) is 2.53. The van der Waals surface area contributed by atoms with Crippen LogP contribution in [0, 0.1) is 0 Å². The Hall–Kier alpha value is -1.40. The first-order valence-electron chi connectivity index (χ1n) is 7.21. The summed E-state index contributed by atoms with van der Waals surface area (Å²) in [6.45, 7) is 4.76. The van der Waals surface area contributed by atoms with Crippen LogP contribution in [-0.4, -0.2) is 67.9 Å². The van der Waals surface area contributed by atoms with E-state index in [2.05, 4.69) is 11.9 Å². The Morgan fingerprint density at radius 1 is 1.14 bits per heavy atom. The average molecular weight is 308 g/mol. The predicted octanol–water partition coefficient (Wildman–Crippen LogP) is 1.32. The summed E-state index contributed by atoms with van der Waals surface area (Å²) in [6, 6.07) is 5.85. The lowest BCUT2D eigenvalue weighted by Gasteiger charge is -2.32. The SMILES string of the molecule is CN1CCN(C(=O)CSc2ccc3c(c2)OCCO3)CC1. The number of piperazine rings is 1. The molecule has 0 spiro atoms. The maximum Gasteiger partial charge on any atom is 0.233 e. The highest BCUT2D eigenvalue weighted by Crippen LogP contribution is 2.34. The molecule has 0 bridgehead atoms. The summed E-state index contributed by atoms with van der Waals surface area (Å²) in [6.07, 6.45) is 0. The summed E-state index contributed by atoms with van der Waals surface area (Å²) in [4.78, 5) is 17.4. The smallest absolute Gasteiger partial charge is 0.233 e. The van der Waals surface area contributed by atoms with Gasteiger partial charge in [-0.25, -0.2) is 0 Å². The summed E-state index contributed by atoms with van der Waals surface area (Å²) in [7, 11) is 2.09. The molecule has 0 radical (unpaired) electrons. The third-order valence-electron chi connectivity index (χ3n) is 3.73. The van der Waals surface area contributed by atoms with E-state index in [4.69, 9.17) is 9.47 Å². The Morgan fingerprint density at radius 2 is 1.86 bits per heavy atom. The fourth-order valence-corrected chi connectivity index (χ4v) is 3.23. The third kappa shape index (κ3) is 3.63. The molecule has 1 aromatic carbocycles. The van der Waals surface area contributed by atoms with Crippen LogP contribution in [0.25, 0.3) is 0 Å². The van der Waals surface area contributed by atoms with E-state index >= 15 is 0 Å². The molecule has 1 aromatic rings. The van der Waals surface area contributed by atoms with Crippen LogP contribution in [0.3, 0.4) is 0 Å². The molecule has 1 fully saturated rings. The van der Waals surface area contributed by atoms with Crippen molar-refractivity contribution in [2.24, 2.45) is 0 Å². The summed E-state index contributed by atoms with van der Waals surface area (Å²) in [5, 5.41) is 0. The highest BCUT2D eigenvalue weighted by Gasteiger charge is 2.19. The Kier molecular flexibility index (Phi) is 4.55. The third-order valence-corrected chi connectivity index (χ3v) is 4.71. The van der Waals surface area contributed by atoms with Gasteiger partial charge in [0.05, 0.1) is 5.75 Å². The minimum Gasteiger partial charge on any atom is -0.486 e. The van der Waals surface area contributed by atoms with Crippen LogP contribution >= 0.6 is 11.8 Å². The van der Waals surface area contributed by atoms with Gasteiger partial charge in [-0.05, 0) is 25.2 Å². The lowest BCUT2D eigenvalue weighted by atomic mass is 10.3. The number of fused-ring (bicyclic) bond motifs is 1. The van der Waals surface area contributed by atoms with Gasteiger partial charge >= 0.3 is 0 Å². The second kappa shape index (κ2) is 6.58. The highest BCUT2D eigenvalue weighted by molar-refractivity contribution is 8.00. The number of amides is 1. The normalized spacial score (nSPS) is 18.6. The van der Waals surface area contributed by atoms with Gasteiger partial charge in [0.15, 0.2) is 11.5 Å². The van der Waals surface area contributed by atoms with Crippen molar-refractivity contribution in [3.8, 4) is 11.5 Å². The van der Waals surface area contributed by atoms with Gasteiger partial charge in [-0.1, -0.05) is 0 Å². The van der Waals surface area contributed by atoms with Crippen LogP contribution in [0.2, 0.25) is 0 Å². The molecular formula is C15H20N2O3S. The van der Waals surface area contributed by atoms with Crippen LogP contribution in [0.4, 0.5) is 0 Å². The topological polar surface area (TPSA) is 42.0 Å². The Morgan fingerprint density at radius 3 is 2.62 bits per heavy atom. The van der Waals surface area contributed by atoms with Crippen LogP contribution < -0.4 is 9.47 Å². The van der Waals surface area contributed by atoms with Crippen molar-refractivity contribution in [2.45, 2.75) is 4.90 Å². The summed E-state index contributed by atoms with van der Waals surface area (Å²) in [5.41, 5.74) is 0. The maximum absolute atomic E-state index is 12.2. The van der Waals surface area contributed by atoms with Gasteiger partial charge in [0, 0.05) is 31.1 Å². The van der Waals surface area contributed by atoms with Crippen LogP contribution in [-0.2, 0) is 4.79 Å². The quantitative estimate of drug-likeness (QED) is 0.788. The van der Waals surface area contributed by atoms with Gasteiger partial charge in [0.1, 0.15) is 13.2 Å². The Labute approximate surface area is 129 Å². The minimum atomic E-state index is 0.211. The van der Waals surface area contributed by atoms with E-state index in [1.807, 2.05) is 23.1 Å². The monoisotopic (exact) mass is 308 g/mol. The van der Waals surface area contributed by atoms with Crippen LogP contribution in [0.15, 0.2) is 23.1 Å². The minimum absolute atomic E-state index is 0.211. The predicted molar refractivity (Wildman–Crippen MR) is 82.2 cm³/mol. The number of rotatable bonds is 3. The van der Waals surface area contributed by atoms with Crippen molar-refractivity contribution in [3.05, 3.63) is 18.2 Å². The van der Waals surface area contributed by atoms with Gasteiger partial charge in [0.25, 0.3) is 0 Å². The van der Waals surface area contributed by atoms with Gasteiger partial charge in [-0.15, -0.1) is 11.8 Å². The zero-order valence-corrected chi connectivity index (χ0v) is 13.0. The highest BCUT2D eigenvalue weighted by atomic mass is 32.2. The fourth-order valence-electron chi connectivity index (χ4n) is 2.41. The number of carbonyl (C=O) groups excluding carboxylic acids is 1. The number of benzene rings is 1. The van der Waals surface area contributed by atoms with Crippen molar-refractivity contribution in [2.75, 3.05) is 52.2 Å². The van der Waals surface area contributed by atoms with E-state index in [0.717, 1.165) is 42.6 Å². The van der Waals surface area contributed by atoms with Gasteiger partial charge in [0.2, 0.25) is 5.91 Å². The molecule has 6 heteroatoms. The number of nitrogens with zero attached hydrogens (tertiary/aromatic N) is 2. The largest absolute Gasteiger partial charge is 0.486 e. The molecule has 3 rings (SSSR count). The zero-order chi connectivity index (χ0) is 14.7. The molecule has 114 valence electrons. The van der Waals surface area contributed by atoms with Gasteiger partial charge < -0.3 is 19.3 Å². The Balaban J connectivity index is 1.54. The first-order valence-corrected chi connectivity index (χ1v) is 8.20. The van der Waals surface area contributed by atoms with E-state index in [0.29, 0.717) is 19.0 Å². The molecule has 21 heavy (non-hydrogen) atoms.